The molecule has 3 aliphatic heterocycles. The Labute approximate surface area is 340 Å². The molecular weight excluding hydrogens is 732 g/mol. The van der Waals surface area contributed by atoms with Gasteiger partial charge in [0.2, 0.25) is 5.79 Å². The van der Waals surface area contributed by atoms with Gasteiger partial charge in [0.15, 0.2) is 11.6 Å². The van der Waals surface area contributed by atoms with Gasteiger partial charge in [0.25, 0.3) is 0 Å². The van der Waals surface area contributed by atoms with Crippen LogP contribution in [0.25, 0.3) is 0 Å². The Morgan fingerprint density at radius 2 is 1.47 bits per heavy atom. The summed E-state index contributed by atoms with van der Waals surface area (Å²) in [6.45, 7) is 18.3. The molecule has 57 heavy (non-hydrogen) atoms. The lowest BCUT2D eigenvalue weighted by atomic mass is 9.74. The Hall–Kier alpha value is -2.58. The van der Waals surface area contributed by atoms with E-state index >= 15 is 0 Å². The van der Waals surface area contributed by atoms with Gasteiger partial charge in [0.05, 0.1) is 42.5 Å². The maximum absolute atomic E-state index is 14.0. The Balaban J connectivity index is 2.02. The van der Waals surface area contributed by atoms with Gasteiger partial charge in [-0.2, -0.15) is 0 Å². The SMILES string of the molecule is CC[C@@H]1/C=C/C=C/C[C@H](C)[C@@H](O)[C@](C)(O)C(=O)[C@H](C)[C@@H](O)[C@H](C)C(=O)[C@H](C)[C@@H](O)[C@H](C)/C=C/C(=O)OC2[C@@H](C)C(CC1)O[C@]1(O[C@H](C[C@H](C)O)[C@H](C)CC1=O)[C@@H]2C. The van der Waals surface area contributed by atoms with Gasteiger partial charge in [-0.1, -0.05) is 92.7 Å². The molecule has 2 fully saturated rings. The Bertz CT molecular complexity index is 1470. The monoisotopic (exact) mass is 805 g/mol. The number of aliphatic hydroxyl groups is 5. The largest absolute Gasteiger partial charge is 0.458 e. The van der Waals surface area contributed by atoms with Crippen LogP contribution in [0.4, 0.5) is 0 Å². The number of rotatable bonds is 3. The molecule has 1 spiro atoms. The van der Waals surface area contributed by atoms with Crippen LogP contribution >= 0.6 is 0 Å². The summed E-state index contributed by atoms with van der Waals surface area (Å²) >= 11 is 0. The minimum Gasteiger partial charge on any atom is -0.458 e. The zero-order valence-electron chi connectivity index (χ0n) is 36.0. The highest BCUT2D eigenvalue weighted by Crippen LogP contribution is 2.47. The Morgan fingerprint density at radius 3 is 2.09 bits per heavy atom. The zero-order chi connectivity index (χ0) is 43.2. The normalized spacial score (nSPS) is 46.2. The van der Waals surface area contributed by atoms with E-state index in [4.69, 9.17) is 14.2 Å². The first-order chi connectivity index (χ1) is 26.5. The minimum atomic E-state index is -2.21. The molecule has 0 amide bonds. The first kappa shape index (κ1) is 48.8. The van der Waals surface area contributed by atoms with Crippen molar-refractivity contribution < 1.29 is 58.9 Å². The highest BCUT2D eigenvalue weighted by atomic mass is 16.7. The summed E-state index contributed by atoms with van der Waals surface area (Å²) in [5, 5.41) is 55.0. The van der Waals surface area contributed by atoms with E-state index in [1.54, 1.807) is 27.7 Å². The maximum atomic E-state index is 14.0. The molecule has 0 aromatic rings. The van der Waals surface area contributed by atoms with Gasteiger partial charge in [0, 0.05) is 42.1 Å². The number of allylic oxidation sites excluding steroid dienone is 4. The van der Waals surface area contributed by atoms with E-state index in [-0.39, 0.29) is 30.0 Å². The molecule has 0 aromatic heterocycles. The molecule has 324 valence electrons. The number of fused-ring (bicyclic) bond motifs is 2. The first-order valence-corrected chi connectivity index (χ1v) is 21.1. The van der Waals surface area contributed by atoms with E-state index in [0.717, 1.165) is 6.42 Å². The molecular formula is C45H72O12. The minimum absolute atomic E-state index is 0.132. The molecule has 5 N–H and O–H groups in total. The molecule has 12 heteroatoms. The van der Waals surface area contributed by atoms with E-state index in [1.165, 1.54) is 39.8 Å². The molecule has 18 atom stereocenters. The number of Topliss-reactive ketones (excluding diaryl/α,β-unsaturated/α-hetero) is 3. The lowest BCUT2D eigenvalue weighted by molar-refractivity contribution is -0.344. The fourth-order valence-corrected chi connectivity index (χ4v) is 8.91. The summed E-state index contributed by atoms with van der Waals surface area (Å²) in [7, 11) is 0. The topological polar surface area (TPSA) is 197 Å². The summed E-state index contributed by atoms with van der Waals surface area (Å²) < 4.78 is 19.4. The molecule has 3 aliphatic rings. The molecule has 2 unspecified atom stereocenters. The van der Waals surface area contributed by atoms with Gasteiger partial charge in [-0.3, -0.25) is 14.4 Å². The fraction of sp³-hybridized carbons (Fsp3) is 0.778. The van der Waals surface area contributed by atoms with E-state index in [1.807, 2.05) is 32.1 Å². The smallest absolute Gasteiger partial charge is 0.330 e. The van der Waals surface area contributed by atoms with Crippen molar-refractivity contribution in [1.29, 1.82) is 0 Å². The summed E-state index contributed by atoms with van der Waals surface area (Å²) in [6.07, 6.45) is 6.53. The molecule has 0 aliphatic carbocycles. The fourth-order valence-electron chi connectivity index (χ4n) is 8.91. The van der Waals surface area contributed by atoms with Gasteiger partial charge in [-0.15, -0.1) is 0 Å². The number of ketones is 3. The molecule has 0 saturated carbocycles. The van der Waals surface area contributed by atoms with Crippen LogP contribution in [-0.2, 0) is 33.4 Å². The van der Waals surface area contributed by atoms with Crippen molar-refractivity contribution in [2.45, 2.75) is 169 Å². The maximum Gasteiger partial charge on any atom is 0.330 e. The molecule has 2 bridgehead atoms. The zero-order valence-corrected chi connectivity index (χ0v) is 36.0. The molecule has 3 rings (SSSR count). The highest BCUT2D eigenvalue weighted by molar-refractivity contribution is 5.91. The van der Waals surface area contributed by atoms with Gasteiger partial charge in [-0.05, 0) is 63.7 Å². The predicted octanol–water partition coefficient (Wildman–Crippen LogP) is 5.06. The third-order valence-corrected chi connectivity index (χ3v) is 13.2. The van der Waals surface area contributed by atoms with Crippen LogP contribution in [0.3, 0.4) is 0 Å². The second-order valence-corrected chi connectivity index (χ2v) is 17.9. The molecule has 0 aromatic carbocycles. The summed E-state index contributed by atoms with van der Waals surface area (Å²) in [4.78, 5) is 54.5. The number of hydrogen-bond acceptors (Lipinski definition) is 12. The number of ether oxygens (including phenoxy) is 3. The molecule has 2 saturated heterocycles. The van der Waals surface area contributed by atoms with Crippen LogP contribution in [0.2, 0.25) is 0 Å². The summed E-state index contributed by atoms with van der Waals surface area (Å²) in [5.41, 5.74) is -2.21. The first-order valence-electron chi connectivity index (χ1n) is 21.1. The Kier molecular flexibility index (Phi) is 17.6. The Morgan fingerprint density at radius 1 is 0.842 bits per heavy atom. The van der Waals surface area contributed by atoms with E-state index in [2.05, 4.69) is 13.0 Å². The van der Waals surface area contributed by atoms with E-state index < -0.39 is 107 Å². The lowest BCUT2D eigenvalue weighted by Crippen LogP contribution is -2.66. The number of hydrogen-bond donors (Lipinski definition) is 5. The summed E-state index contributed by atoms with van der Waals surface area (Å²) in [5.74, 6) is -9.55. The van der Waals surface area contributed by atoms with Crippen LogP contribution in [0, 0.1) is 53.3 Å². The van der Waals surface area contributed by atoms with Crippen molar-refractivity contribution >= 4 is 23.3 Å². The third kappa shape index (κ3) is 11.4. The van der Waals surface area contributed by atoms with Gasteiger partial charge in [-0.25, -0.2) is 4.79 Å². The predicted molar refractivity (Wildman–Crippen MR) is 215 cm³/mol. The van der Waals surface area contributed by atoms with Gasteiger partial charge < -0.3 is 39.7 Å². The molecule has 12 nitrogen and oxygen atoms in total. The van der Waals surface area contributed by atoms with Crippen molar-refractivity contribution in [1.82, 2.24) is 0 Å². The van der Waals surface area contributed by atoms with Crippen LogP contribution in [-0.4, -0.2) is 103 Å². The van der Waals surface area contributed by atoms with Crippen molar-refractivity contribution in [3.05, 3.63) is 36.5 Å². The second-order valence-electron chi connectivity index (χ2n) is 17.9. The quantitative estimate of drug-likeness (QED) is 0.238. The standard InChI is InChI=1S/C45H72O12/c1-12-33-17-15-13-14-16-25(3)42(52)44(11,54)43(53)31(9)40(51)30(8)39(50)29(7)38(49)24(2)18-21-37(48)55-41-28(6)34(20-19-33)56-45(32(41)10)36(47)22-26(4)35(57-45)23-27(5)46/h13-15,17-18,21,24-35,38,40-42,46,49,51-52,54H,12,16,19-20,22-23H2,1-11H3/b14-13+,17-15+,21-18+/t24-,25+,26-,27+,28+,29-,30-,31-,32-,33-,34?,35-,38+,40+,41?,42-,44+,45+/m1/s1. The van der Waals surface area contributed by atoms with Gasteiger partial charge in [0.1, 0.15) is 17.5 Å². The lowest BCUT2D eigenvalue weighted by Gasteiger charge is -2.54. The average Bonchev–Trinajstić information content (AvgIpc) is 3.16. The van der Waals surface area contributed by atoms with Crippen LogP contribution < -0.4 is 0 Å². The van der Waals surface area contributed by atoms with Crippen molar-refractivity contribution in [3.63, 3.8) is 0 Å². The highest BCUT2D eigenvalue weighted by Gasteiger charge is 2.61. The number of esters is 1. The van der Waals surface area contributed by atoms with Crippen LogP contribution in [0.15, 0.2) is 36.5 Å². The van der Waals surface area contributed by atoms with E-state index in [0.29, 0.717) is 25.7 Å². The summed E-state index contributed by atoms with van der Waals surface area (Å²) in [6, 6.07) is 0. The molecule has 0 radical (unpaired) electrons. The van der Waals surface area contributed by atoms with Gasteiger partial charge >= 0.3 is 5.97 Å². The number of aliphatic hydroxyl groups excluding tert-OH is 4. The van der Waals surface area contributed by atoms with Crippen LogP contribution in [0.5, 0.6) is 0 Å². The number of carbonyl (C=O) groups excluding carboxylic acids is 4. The van der Waals surface area contributed by atoms with E-state index in [9.17, 15) is 44.7 Å². The van der Waals surface area contributed by atoms with Crippen molar-refractivity contribution in [2.24, 2.45) is 53.3 Å². The van der Waals surface area contributed by atoms with Crippen molar-refractivity contribution in [2.75, 3.05) is 0 Å². The molecule has 3 heterocycles. The van der Waals surface area contributed by atoms with Crippen LogP contribution in [0.1, 0.15) is 115 Å². The third-order valence-electron chi connectivity index (χ3n) is 13.2. The average molecular weight is 805 g/mol. The van der Waals surface area contributed by atoms with Crippen molar-refractivity contribution in [3.8, 4) is 0 Å². The number of carbonyl (C=O) groups is 4. The second kappa shape index (κ2) is 20.6.